The minimum Gasteiger partial charge on any atom is -0.348 e. The van der Waals surface area contributed by atoms with Crippen LogP contribution in [0.4, 0.5) is 5.69 Å². The van der Waals surface area contributed by atoms with Gasteiger partial charge in [-0.15, -0.1) is 6.42 Å². The molecule has 0 aromatic heterocycles. The number of nitrogens with zero attached hydrogens (tertiary/aromatic N) is 1. The Kier molecular flexibility index (Phi) is 6.06. The van der Waals surface area contributed by atoms with Crippen LogP contribution < -0.4 is 10.0 Å². The average Bonchev–Trinajstić information content (AvgIpc) is 2.64. The molecule has 8 nitrogen and oxygen atoms in total. The standard InChI is InChI=1S/C17H15N3O5S/c1-2-11-19-26(24,25)15-9-7-13(8-10-15)17(21)18-12-14-5-3-4-6-16(14)20(22)23/h1,3-10,19H,11-12H2,(H,18,21). The van der Waals surface area contributed by atoms with Crippen molar-refractivity contribution in [3.8, 4) is 12.3 Å². The fourth-order valence-electron chi connectivity index (χ4n) is 2.12. The SMILES string of the molecule is C#CCNS(=O)(=O)c1ccc(C(=O)NCc2ccccc2[N+](=O)[O-])cc1. The summed E-state index contributed by atoms with van der Waals surface area (Å²) in [7, 11) is -3.73. The number of carbonyl (C=O) groups excluding carboxylic acids is 1. The van der Waals surface area contributed by atoms with E-state index in [0.29, 0.717) is 5.56 Å². The Balaban J connectivity index is 2.07. The number of rotatable bonds is 7. The van der Waals surface area contributed by atoms with Gasteiger partial charge in [-0.1, -0.05) is 24.1 Å². The normalized spacial score (nSPS) is 10.7. The van der Waals surface area contributed by atoms with Crippen molar-refractivity contribution in [1.82, 2.24) is 10.0 Å². The Hall–Kier alpha value is -3.22. The van der Waals surface area contributed by atoms with Crippen molar-refractivity contribution >= 4 is 21.6 Å². The number of nitrogens with one attached hydrogen (secondary N) is 2. The third kappa shape index (κ3) is 4.66. The number of sulfonamides is 1. The van der Waals surface area contributed by atoms with Crippen LogP contribution in [0.25, 0.3) is 0 Å². The van der Waals surface area contributed by atoms with Crippen LogP contribution in [0, 0.1) is 22.5 Å². The van der Waals surface area contributed by atoms with E-state index in [0.717, 1.165) is 0 Å². The molecule has 2 rings (SSSR count). The summed E-state index contributed by atoms with van der Waals surface area (Å²) in [6.45, 7) is -0.166. The van der Waals surface area contributed by atoms with E-state index >= 15 is 0 Å². The molecule has 0 spiro atoms. The molecule has 0 radical (unpaired) electrons. The van der Waals surface area contributed by atoms with Crippen LogP contribution >= 0.6 is 0 Å². The Labute approximate surface area is 150 Å². The molecule has 0 heterocycles. The zero-order chi connectivity index (χ0) is 19.2. The largest absolute Gasteiger partial charge is 0.348 e. The smallest absolute Gasteiger partial charge is 0.274 e. The van der Waals surface area contributed by atoms with Gasteiger partial charge in [0.15, 0.2) is 0 Å². The van der Waals surface area contributed by atoms with Crippen molar-refractivity contribution in [2.24, 2.45) is 0 Å². The minimum atomic E-state index is -3.73. The van der Waals surface area contributed by atoms with Crippen molar-refractivity contribution in [1.29, 1.82) is 0 Å². The first-order chi connectivity index (χ1) is 12.3. The van der Waals surface area contributed by atoms with Gasteiger partial charge in [-0.3, -0.25) is 14.9 Å². The predicted octanol–water partition coefficient (Wildman–Crippen LogP) is 1.44. The third-order valence-electron chi connectivity index (χ3n) is 3.42. The van der Waals surface area contributed by atoms with E-state index in [2.05, 4.69) is 16.0 Å². The van der Waals surface area contributed by atoms with Crippen LogP contribution in [0.15, 0.2) is 53.4 Å². The summed E-state index contributed by atoms with van der Waals surface area (Å²) in [5, 5.41) is 13.5. The second-order valence-corrected chi connectivity index (χ2v) is 6.89. The summed E-state index contributed by atoms with van der Waals surface area (Å²) >= 11 is 0. The molecule has 0 unspecified atom stereocenters. The second kappa shape index (κ2) is 8.24. The van der Waals surface area contributed by atoms with Gasteiger partial charge in [0.05, 0.1) is 16.4 Å². The lowest BCUT2D eigenvalue weighted by Gasteiger charge is -2.07. The molecule has 0 aliphatic carbocycles. The number of para-hydroxylation sites is 1. The summed E-state index contributed by atoms with van der Waals surface area (Å²) in [5.41, 5.74) is 0.497. The van der Waals surface area contributed by atoms with E-state index in [1.807, 2.05) is 0 Å². The van der Waals surface area contributed by atoms with Crippen LogP contribution in [-0.2, 0) is 16.6 Å². The quantitative estimate of drug-likeness (QED) is 0.432. The second-order valence-electron chi connectivity index (χ2n) is 5.12. The summed E-state index contributed by atoms with van der Waals surface area (Å²) in [6, 6.07) is 11.3. The zero-order valence-electron chi connectivity index (χ0n) is 13.5. The molecule has 9 heteroatoms. The van der Waals surface area contributed by atoms with E-state index < -0.39 is 20.9 Å². The topological polar surface area (TPSA) is 118 Å². The van der Waals surface area contributed by atoms with Crippen LogP contribution in [0.1, 0.15) is 15.9 Å². The van der Waals surface area contributed by atoms with Crippen LogP contribution in [0.5, 0.6) is 0 Å². The van der Waals surface area contributed by atoms with Crippen molar-refractivity contribution in [2.45, 2.75) is 11.4 Å². The molecule has 0 aliphatic rings. The van der Waals surface area contributed by atoms with E-state index in [1.54, 1.807) is 12.1 Å². The lowest BCUT2D eigenvalue weighted by atomic mass is 10.1. The number of amides is 1. The molecular formula is C17H15N3O5S. The first-order valence-electron chi connectivity index (χ1n) is 7.39. The molecule has 0 bridgehead atoms. The summed E-state index contributed by atoms with van der Waals surface area (Å²) < 4.78 is 26.0. The monoisotopic (exact) mass is 373 g/mol. The fourth-order valence-corrected chi connectivity index (χ4v) is 3.06. The van der Waals surface area contributed by atoms with Gasteiger partial charge in [0.2, 0.25) is 10.0 Å². The minimum absolute atomic E-state index is 0.0250. The molecule has 0 aliphatic heterocycles. The molecule has 0 saturated heterocycles. The molecule has 26 heavy (non-hydrogen) atoms. The van der Waals surface area contributed by atoms with Crippen molar-refractivity contribution in [2.75, 3.05) is 6.54 Å². The highest BCUT2D eigenvalue weighted by Crippen LogP contribution is 2.17. The number of nitro groups is 1. The maximum atomic E-state index is 12.2. The maximum Gasteiger partial charge on any atom is 0.274 e. The molecule has 0 fully saturated rings. The first-order valence-corrected chi connectivity index (χ1v) is 8.87. The first kappa shape index (κ1) is 19.1. The van der Waals surface area contributed by atoms with Crippen molar-refractivity contribution in [3.63, 3.8) is 0 Å². The highest BCUT2D eigenvalue weighted by atomic mass is 32.2. The van der Waals surface area contributed by atoms with Gasteiger partial charge in [0.25, 0.3) is 11.6 Å². The van der Waals surface area contributed by atoms with Gasteiger partial charge in [-0.05, 0) is 24.3 Å². The van der Waals surface area contributed by atoms with Gasteiger partial charge in [-0.25, -0.2) is 8.42 Å². The van der Waals surface area contributed by atoms with Crippen molar-refractivity contribution < 1.29 is 18.1 Å². The Morgan fingerprint density at radius 2 is 1.81 bits per heavy atom. The Morgan fingerprint density at radius 1 is 1.15 bits per heavy atom. The molecule has 134 valence electrons. The summed E-state index contributed by atoms with van der Waals surface area (Å²) in [5.74, 6) is 1.68. The number of carbonyl (C=O) groups is 1. The molecule has 1 amide bonds. The Morgan fingerprint density at radius 3 is 2.42 bits per heavy atom. The molecule has 2 aromatic rings. The third-order valence-corrected chi connectivity index (χ3v) is 4.84. The van der Waals surface area contributed by atoms with Crippen LogP contribution in [0.2, 0.25) is 0 Å². The van der Waals surface area contributed by atoms with Crippen LogP contribution in [0.3, 0.4) is 0 Å². The molecular weight excluding hydrogens is 358 g/mol. The Bertz CT molecular complexity index is 963. The number of nitro benzene ring substituents is 1. The van der Waals surface area contributed by atoms with Gasteiger partial charge in [-0.2, -0.15) is 4.72 Å². The van der Waals surface area contributed by atoms with E-state index in [1.165, 1.54) is 36.4 Å². The lowest BCUT2D eigenvalue weighted by molar-refractivity contribution is -0.385. The number of hydrogen-bond acceptors (Lipinski definition) is 5. The van der Waals surface area contributed by atoms with Gasteiger partial charge < -0.3 is 5.32 Å². The summed E-state index contributed by atoms with van der Waals surface area (Å²) in [4.78, 5) is 22.6. The van der Waals surface area contributed by atoms with Crippen LogP contribution in [-0.4, -0.2) is 25.8 Å². The van der Waals surface area contributed by atoms with E-state index in [9.17, 15) is 23.3 Å². The van der Waals surface area contributed by atoms with E-state index in [-0.39, 0.29) is 29.2 Å². The molecule has 0 atom stereocenters. The lowest BCUT2D eigenvalue weighted by Crippen LogP contribution is -2.25. The highest BCUT2D eigenvalue weighted by Gasteiger charge is 2.16. The zero-order valence-corrected chi connectivity index (χ0v) is 14.3. The predicted molar refractivity (Wildman–Crippen MR) is 94.7 cm³/mol. The number of hydrogen-bond donors (Lipinski definition) is 2. The van der Waals surface area contributed by atoms with Gasteiger partial charge >= 0.3 is 0 Å². The molecule has 0 saturated carbocycles. The molecule has 2 aromatic carbocycles. The van der Waals surface area contributed by atoms with Crippen molar-refractivity contribution in [3.05, 3.63) is 69.8 Å². The van der Waals surface area contributed by atoms with Gasteiger partial charge in [0.1, 0.15) is 0 Å². The summed E-state index contributed by atoms with van der Waals surface area (Å²) in [6.07, 6.45) is 5.02. The molecule has 2 N–H and O–H groups in total. The average molecular weight is 373 g/mol. The maximum absolute atomic E-state index is 12.2. The van der Waals surface area contributed by atoms with Gasteiger partial charge in [0, 0.05) is 23.7 Å². The highest BCUT2D eigenvalue weighted by molar-refractivity contribution is 7.89. The number of terminal acetylenes is 1. The van der Waals surface area contributed by atoms with E-state index in [4.69, 9.17) is 6.42 Å². The number of benzene rings is 2. The fraction of sp³-hybridized carbons (Fsp3) is 0.118.